The van der Waals surface area contributed by atoms with Crippen LogP contribution in [0.5, 0.6) is 0 Å². The molecule has 0 unspecified atom stereocenters. The van der Waals surface area contributed by atoms with Gasteiger partial charge >= 0.3 is 5.97 Å². The molecule has 1 amide bonds. The number of aryl methyl sites for hydroxylation is 1. The number of anilines is 1. The lowest BCUT2D eigenvalue weighted by Gasteiger charge is -2.31. The number of nitrogens with zero attached hydrogens (tertiary/aromatic N) is 1. The van der Waals surface area contributed by atoms with Crippen LogP contribution < -0.4 is 16.8 Å². The van der Waals surface area contributed by atoms with E-state index < -0.39 is 11.9 Å². The van der Waals surface area contributed by atoms with Gasteiger partial charge in [-0.25, -0.2) is 0 Å². The van der Waals surface area contributed by atoms with Gasteiger partial charge < -0.3 is 26.1 Å². The van der Waals surface area contributed by atoms with Gasteiger partial charge in [0.15, 0.2) is 5.78 Å². The zero-order valence-corrected chi connectivity index (χ0v) is 21.0. The first-order chi connectivity index (χ1) is 16.4. The Labute approximate surface area is 206 Å². The molecule has 4 rings (SSSR count). The quantitative estimate of drug-likeness (QED) is 0.541. The smallest absolute Gasteiger partial charge is 0.322 e. The monoisotopic (exact) mass is 480 g/mol. The van der Waals surface area contributed by atoms with Crippen molar-refractivity contribution in [1.82, 2.24) is 4.57 Å². The molecule has 0 bridgehead atoms. The Bertz CT molecular complexity index is 1160. The third-order valence-corrected chi connectivity index (χ3v) is 7.10. The van der Waals surface area contributed by atoms with E-state index in [0.29, 0.717) is 17.7 Å². The van der Waals surface area contributed by atoms with Gasteiger partial charge in [0, 0.05) is 41.3 Å². The van der Waals surface area contributed by atoms with Crippen molar-refractivity contribution in [3.63, 3.8) is 0 Å². The number of Topliss-reactive ketones (excluding diaryl/α,β-unsaturated/α-hetero) is 1. The summed E-state index contributed by atoms with van der Waals surface area (Å²) in [6, 6.07) is 5.05. The van der Waals surface area contributed by atoms with E-state index in [2.05, 4.69) is 23.7 Å². The number of amides is 1. The molecule has 2 aliphatic carbocycles. The van der Waals surface area contributed by atoms with Crippen LogP contribution in [-0.2, 0) is 16.0 Å². The van der Waals surface area contributed by atoms with E-state index in [-0.39, 0.29) is 29.3 Å². The minimum atomic E-state index is -0.629. The first kappa shape index (κ1) is 25.0. The Balaban J connectivity index is 1.58. The number of hydrogen-bond acceptors (Lipinski definition) is 6. The van der Waals surface area contributed by atoms with Crippen LogP contribution in [0.1, 0.15) is 84.8 Å². The second kappa shape index (κ2) is 9.49. The second-order valence-electron chi connectivity index (χ2n) is 10.9. The number of carbonyl (C=O) groups excluding carboxylic acids is 3. The number of nitrogens with one attached hydrogen (secondary N) is 1. The molecule has 1 saturated carbocycles. The van der Waals surface area contributed by atoms with E-state index >= 15 is 0 Å². The predicted molar refractivity (Wildman–Crippen MR) is 135 cm³/mol. The Kier molecular flexibility index (Phi) is 6.77. The molecule has 188 valence electrons. The third kappa shape index (κ3) is 5.27. The van der Waals surface area contributed by atoms with E-state index in [4.69, 9.17) is 16.2 Å². The Morgan fingerprint density at radius 1 is 1.17 bits per heavy atom. The van der Waals surface area contributed by atoms with Crippen LogP contribution in [0.25, 0.3) is 5.69 Å². The topological polar surface area (TPSA) is 129 Å². The fourth-order valence-electron chi connectivity index (χ4n) is 5.34. The minimum absolute atomic E-state index is 0.106. The van der Waals surface area contributed by atoms with Crippen molar-refractivity contribution in [3.05, 3.63) is 46.8 Å². The molecule has 0 aliphatic heterocycles. The van der Waals surface area contributed by atoms with Gasteiger partial charge in [0.1, 0.15) is 12.1 Å². The molecule has 2 aromatic rings. The van der Waals surface area contributed by atoms with E-state index in [1.807, 2.05) is 25.3 Å². The largest absolute Gasteiger partial charge is 0.461 e. The maximum absolute atomic E-state index is 12.8. The second-order valence-corrected chi connectivity index (χ2v) is 10.9. The number of nitrogens with two attached hydrogens (primary N) is 2. The highest BCUT2D eigenvalue weighted by Gasteiger charge is 2.35. The Morgan fingerprint density at radius 2 is 1.86 bits per heavy atom. The van der Waals surface area contributed by atoms with Gasteiger partial charge in [-0.05, 0) is 75.1 Å². The first-order valence-electron chi connectivity index (χ1n) is 12.4. The standard InChI is InChI=1S/C27H36N4O4/c1-15-14-31(22-12-27(3,4)13-23(32)24(15)22)18-7-10-20(25(29)33)21(11-18)30-17-5-8-19(9-6-17)35-26(34)16(2)28/h7,10-11,14,16-17,19,30H,5-6,8-9,12-13,28H2,1-4H3,(H2,29,33)/t16-,17?,19?/m0/s1. The summed E-state index contributed by atoms with van der Waals surface area (Å²) < 4.78 is 7.55. The number of aromatic nitrogens is 1. The summed E-state index contributed by atoms with van der Waals surface area (Å²) in [5.41, 5.74) is 16.0. The third-order valence-electron chi connectivity index (χ3n) is 7.10. The summed E-state index contributed by atoms with van der Waals surface area (Å²) in [4.78, 5) is 36.8. The van der Waals surface area contributed by atoms with Gasteiger partial charge in [0.25, 0.3) is 5.91 Å². The average molecular weight is 481 g/mol. The average Bonchev–Trinajstić information content (AvgIpc) is 3.09. The fraction of sp³-hybridized carbons (Fsp3) is 0.519. The minimum Gasteiger partial charge on any atom is -0.461 e. The molecule has 1 aromatic heterocycles. The van der Waals surface area contributed by atoms with Crippen molar-refractivity contribution in [2.75, 3.05) is 5.32 Å². The number of fused-ring (bicyclic) bond motifs is 1. The molecule has 8 heteroatoms. The van der Waals surface area contributed by atoms with E-state index in [9.17, 15) is 14.4 Å². The lowest BCUT2D eigenvalue weighted by Crippen LogP contribution is -2.36. The van der Waals surface area contributed by atoms with Crippen molar-refractivity contribution < 1.29 is 19.1 Å². The molecular weight excluding hydrogens is 444 g/mol. The van der Waals surface area contributed by atoms with Crippen LogP contribution in [0.3, 0.4) is 0 Å². The van der Waals surface area contributed by atoms with Crippen molar-refractivity contribution in [1.29, 1.82) is 0 Å². The highest BCUT2D eigenvalue weighted by Crippen LogP contribution is 2.38. The zero-order chi connectivity index (χ0) is 25.5. The number of rotatable bonds is 6. The summed E-state index contributed by atoms with van der Waals surface area (Å²) in [7, 11) is 0. The number of ether oxygens (including phenoxy) is 1. The molecule has 5 N–H and O–H groups in total. The molecule has 0 radical (unpaired) electrons. The maximum Gasteiger partial charge on any atom is 0.322 e. The molecule has 0 saturated heterocycles. The highest BCUT2D eigenvalue weighted by molar-refractivity contribution is 6.01. The van der Waals surface area contributed by atoms with Crippen LogP contribution in [0, 0.1) is 12.3 Å². The summed E-state index contributed by atoms with van der Waals surface area (Å²) in [5.74, 6) is -0.696. The molecule has 1 heterocycles. The number of esters is 1. The summed E-state index contributed by atoms with van der Waals surface area (Å²) in [5, 5.41) is 3.50. The number of ketones is 1. The lowest BCUT2D eigenvalue weighted by atomic mass is 9.75. The zero-order valence-electron chi connectivity index (χ0n) is 21.0. The summed E-state index contributed by atoms with van der Waals surface area (Å²) in [6.45, 7) is 7.82. The van der Waals surface area contributed by atoms with Crippen LogP contribution in [-0.4, -0.2) is 40.4 Å². The number of benzene rings is 1. The van der Waals surface area contributed by atoms with Crippen molar-refractivity contribution in [3.8, 4) is 5.69 Å². The normalized spacial score (nSPS) is 22.3. The highest BCUT2D eigenvalue weighted by atomic mass is 16.5. The molecule has 35 heavy (non-hydrogen) atoms. The number of hydrogen-bond donors (Lipinski definition) is 3. The summed E-state index contributed by atoms with van der Waals surface area (Å²) >= 11 is 0. The molecule has 8 nitrogen and oxygen atoms in total. The van der Waals surface area contributed by atoms with Gasteiger partial charge in [0.05, 0.1) is 5.56 Å². The van der Waals surface area contributed by atoms with Gasteiger partial charge in [-0.15, -0.1) is 0 Å². The molecule has 1 fully saturated rings. The summed E-state index contributed by atoms with van der Waals surface area (Å²) in [6.07, 6.45) is 6.24. The number of carbonyl (C=O) groups is 3. The Hall–Kier alpha value is -3.13. The van der Waals surface area contributed by atoms with Gasteiger partial charge in [-0.1, -0.05) is 13.8 Å². The molecule has 2 aliphatic rings. The molecule has 0 spiro atoms. The van der Waals surface area contributed by atoms with Gasteiger partial charge in [0.2, 0.25) is 0 Å². The molecule has 1 atom stereocenters. The van der Waals surface area contributed by atoms with Crippen LogP contribution >= 0.6 is 0 Å². The SMILES string of the molecule is Cc1cn(-c2ccc(C(N)=O)c(NC3CCC(OC(=O)[C@H](C)N)CC3)c2)c2c1C(=O)CC(C)(C)C2. The van der Waals surface area contributed by atoms with E-state index in [0.717, 1.165) is 54.6 Å². The van der Waals surface area contributed by atoms with Crippen LogP contribution in [0.4, 0.5) is 5.69 Å². The van der Waals surface area contributed by atoms with Crippen molar-refractivity contribution >= 4 is 23.3 Å². The Morgan fingerprint density at radius 3 is 2.49 bits per heavy atom. The van der Waals surface area contributed by atoms with E-state index in [1.54, 1.807) is 13.0 Å². The lowest BCUT2D eigenvalue weighted by molar-refractivity contribution is -0.151. The van der Waals surface area contributed by atoms with Crippen LogP contribution in [0.15, 0.2) is 24.4 Å². The van der Waals surface area contributed by atoms with Crippen molar-refractivity contribution in [2.24, 2.45) is 16.9 Å². The maximum atomic E-state index is 12.8. The fourth-order valence-corrected chi connectivity index (χ4v) is 5.34. The first-order valence-corrected chi connectivity index (χ1v) is 12.4. The van der Waals surface area contributed by atoms with Crippen LogP contribution in [0.2, 0.25) is 0 Å². The molecular formula is C27H36N4O4. The van der Waals surface area contributed by atoms with Crippen molar-refractivity contribution in [2.45, 2.75) is 84.4 Å². The van der Waals surface area contributed by atoms with E-state index in [1.165, 1.54) is 0 Å². The number of primary amides is 1. The van der Waals surface area contributed by atoms with Gasteiger partial charge in [-0.3, -0.25) is 14.4 Å². The molecule has 1 aromatic carbocycles. The van der Waals surface area contributed by atoms with Gasteiger partial charge in [-0.2, -0.15) is 0 Å². The predicted octanol–water partition coefficient (Wildman–Crippen LogP) is 3.65.